The third-order valence-corrected chi connectivity index (χ3v) is 3.06. The molecular weight excluding hydrogens is 296 g/mol. The molecule has 1 heterocycles. The van der Waals surface area contributed by atoms with Gasteiger partial charge in [0.15, 0.2) is 5.82 Å². The summed E-state index contributed by atoms with van der Waals surface area (Å²) in [6.07, 6.45) is 1.72. The monoisotopic (exact) mass is 303 g/mol. The van der Waals surface area contributed by atoms with Crippen molar-refractivity contribution in [1.82, 2.24) is 9.78 Å². The summed E-state index contributed by atoms with van der Waals surface area (Å²) in [4.78, 5) is 0. The van der Waals surface area contributed by atoms with Gasteiger partial charge in [-0.1, -0.05) is 11.6 Å². The zero-order valence-electron chi connectivity index (χ0n) is 8.12. The van der Waals surface area contributed by atoms with E-state index >= 15 is 0 Å². The second-order valence-corrected chi connectivity index (χ2v) is 4.56. The fraction of sp³-hybridized carbons (Fsp3) is 0.100. The number of hydrogen-bond acceptors (Lipinski definition) is 2. The number of anilines is 1. The van der Waals surface area contributed by atoms with E-state index in [0.29, 0.717) is 27.4 Å². The molecule has 0 amide bonds. The highest BCUT2D eigenvalue weighted by molar-refractivity contribution is 9.10. The van der Waals surface area contributed by atoms with Gasteiger partial charge in [-0.3, -0.25) is 4.68 Å². The number of rotatable bonds is 2. The Kier molecular flexibility index (Phi) is 3.16. The zero-order chi connectivity index (χ0) is 11.7. The van der Waals surface area contributed by atoms with Gasteiger partial charge in [0.25, 0.3) is 0 Å². The maximum absolute atomic E-state index is 13.0. The van der Waals surface area contributed by atoms with Crippen LogP contribution in [0.15, 0.2) is 28.9 Å². The first-order valence-electron chi connectivity index (χ1n) is 4.48. The Hall–Kier alpha value is -1.07. The van der Waals surface area contributed by atoms with Crippen LogP contribution in [0.1, 0.15) is 5.56 Å². The number of nitrogens with two attached hydrogens (primary N) is 1. The first-order valence-corrected chi connectivity index (χ1v) is 5.65. The van der Waals surface area contributed by atoms with Crippen molar-refractivity contribution < 1.29 is 4.39 Å². The van der Waals surface area contributed by atoms with Crippen molar-refractivity contribution >= 4 is 33.3 Å². The Bertz CT molecular complexity index is 507. The third-order valence-electron chi connectivity index (χ3n) is 2.08. The summed E-state index contributed by atoms with van der Waals surface area (Å²) >= 11 is 9.19. The lowest BCUT2D eigenvalue weighted by Gasteiger charge is -2.04. The number of hydrogen-bond donors (Lipinski definition) is 1. The van der Waals surface area contributed by atoms with Gasteiger partial charge in [-0.2, -0.15) is 5.10 Å². The molecule has 0 radical (unpaired) electrons. The largest absolute Gasteiger partial charge is 0.381 e. The standard InChI is InChI=1S/C10H8BrClFN3/c11-8-5-16(15-10(8)14)4-6-3-7(13)1-2-9(6)12/h1-3,5H,4H2,(H2,14,15). The molecule has 0 saturated heterocycles. The number of nitrogens with zero attached hydrogens (tertiary/aromatic N) is 2. The fourth-order valence-corrected chi connectivity index (χ4v) is 1.82. The lowest BCUT2D eigenvalue weighted by molar-refractivity contribution is 0.619. The molecule has 0 unspecified atom stereocenters. The van der Waals surface area contributed by atoms with E-state index in [4.69, 9.17) is 17.3 Å². The van der Waals surface area contributed by atoms with Crippen molar-refractivity contribution in [2.24, 2.45) is 0 Å². The normalized spacial score (nSPS) is 10.7. The van der Waals surface area contributed by atoms with Crippen LogP contribution >= 0.6 is 27.5 Å². The molecule has 2 N–H and O–H groups in total. The lowest BCUT2D eigenvalue weighted by Crippen LogP contribution is -2.02. The van der Waals surface area contributed by atoms with Crippen LogP contribution in [0, 0.1) is 5.82 Å². The number of aromatic nitrogens is 2. The summed E-state index contributed by atoms with van der Waals surface area (Å²) in [7, 11) is 0. The van der Waals surface area contributed by atoms with Gasteiger partial charge in [0.1, 0.15) is 5.82 Å². The summed E-state index contributed by atoms with van der Waals surface area (Å²) < 4.78 is 15.3. The number of nitrogen functional groups attached to an aromatic ring is 1. The van der Waals surface area contributed by atoms with Crippen LogP contribution in [-0.2, 0) is 6.54 Å². The van der Waals surface area contributed by atoms with Crippen molar-refractivity contribution in [1.29, 1.82) is 0 Å². The van der Waals surface area contributed by atoms with Crippen LogP contribution in [0.2, 0.25) is 5.02 Å². The van der Waals surface area contributed by atoms with E-state index in [9.17, 15) is 4.39 Å². The van der Waals surface area contributed by atoms with E-state index in [0.717, 1.165) is 0 Å². The van der Waals surface area contributed by atoms with Gasteiger partial charge < -0.3 is 5.73 Å². The molecule has 0 aliphatic rings. The lowest BCUT2D eigenvalue weighted by atomic mass is 10.2. The third kappa shape index (κ3) is 2.36. The first kappa shape index (κ1) is 11.4. The highest BCUT2D eigenvalue weighted by Gasteiger charge is 2.06. The van der Waals surface area contributed by atoms with Crippen LogP contribution in [0.4, 0.5) is 10.2 Å². The van der Waals surface area contributed by atoms with E-state index in [-0.39, 0.29) is 5.82 Å². The van der Waals surface area contributed by atoms with Gasteiger partial charge in [-0.05, 0) is 39.7 Å². The minimum Gasteiger partial charge on any atom is -0.381 e. The van der Waals surface area contributed by atoms with E-state index in [1.165, 1.54) is 18.2 Å². The predicted octanol–water partition coefficient (Wildman–Crippen LogP) is 3.07. The fourth-order valence-electron chi connectivity index (χ4n) is 1.33. The Morgan fingerprint density at radius 1 is 1.50 bits per heavy atom. The Balaban J connectivity index is 2.29. The molecule has 0 spiro atoms. The predicted molar refractivity (Wildman–Crippen MR) is 64.9 cm³/mol. The maximum Gasteiger partial charge on any atom is 0.159 e. The molecule has 2 aromatic rings. The summed E-state index contributed by atoms with van der Waals surface area (Å²) in [5, 5.41) is 4.55. The molecule has 0 atom stereocenters. The van der Waals surface area contributed by atoms with Crippen LogP contribution in [0.5, 0.6) is 0 Å². The molecule has 1 aromatic carbocycles. The quantitative estimate of drug-likeness (QED) is 0.926. The summed E-state index contributed by atoms with van der Waals surface area (Å²) in [6.45, 7) is 0.381. The van der Waals surface area contributed by atoms with Gasteiger partial charge in [-0.25, -0.2) is 4.39 Å². The average Bonchev–Trinajstić information content (AvgIpc) is 2.52. The zero-order valence-corrected chi connectivity index (χ0v) is 10.5. The van der Waals surface area contributed by atoms with E-state index in [2.05, 4.69) is 21.0 Å². The first-order chi connectivity index (χ1) is 7.56. The molecule has 1 aromatic heterocycles. The molecule has 84 valence electrons. The van der Waals surface area contributed by atoms with Crippen LogP contribution < -0.4 is 5.73 Å². The van der Waals surface area contributed by atoms with Crippen molar-refractivity contribution in [3.05, 3.63) is 45.3 Å². The Morgan fingerprint density at radius 3 is 2.88 bits per heavy atom. The maximum atomic E-state index is 13.0. The highest BCUT2D eigenvalue weighted by atomic mass is 79.9. The van der Waals surface area contributed by atoms with Crippen LogP contribution in [0.3, 0.4) is 0 Å². The van der Waals surface area contributed by atoms with Crippen molar-refractivity contribution in [3.63, 3.8) is 0 Å². The summed E-state index contributed by atoms with van der Waals surface area (Å²) in [6, 6.07) is 4.22. The smallest absolute Gasteiger partial charge is 0.159 e. The number of benzene rings is 1. The second kappa shape index (κ2) is 4.43. The molecule has 16 heavy (non-hydrogen) atoms. The average molecular weight is 305 g/mol. The van der Waals surface area contributed by atoms with Crippen LogP contribution in [0.25, 0.3) is 0 Å². The summed E-state index contributed by atoms with van der Waals surface area (Å²) in [5.41, 5.74) is 6.24. The topological polar surface area (TPSA) is 43.8 Å². The minimum absolute atomic E-state index is 0.321. The molecule has 0 aliphatic carbocycles. The van der Waals surface area contributed by atoms with Gasteiger partial charge in [0, 0.05) is 11.2 Å². The van der Waals surface area contributed by atoms with Gasteiger partial charge in [0.2, 0.25) is 0 Å². The van der Waals surface area contributed by atoms with Crippen LogP contribution in [-0.4, -0.2) is 9.78 Å². The molecule has 0 saturated carbocycles. The second-order valence-electron chi connectivity index (χ2n) is 3.30. The molecule has 3 nitrogen and oxygen atoms in total. The Labute approximate surface area is 105 Å². The van der Waals surface area contributed by atoms with Crippen molar-refractivity contribution in [2.75, 3.05) is 5.73 Å². The molecule has 6 heteroatoms. The van der Waals surface area contributed by atoms with E-state index in [1.807, 2.05) is 0 Å². The van der Waals surface area contributed by atoms with Gasteiger partial charge in [0.05, 0.1) is 11.0 Å². The van der Waals surface area contributed by atoms with Gasteiger partial charge in [-0.15, -0.1) is 0 Å². The molecule has 0 aliphatic heterocycles. The highest BCUT2D eigenvalue weighted by Crippen LogP contribution is 2.21. The van der Waals surface area contributed by atoms with E-state index < -0.39 is 0 Å². The molecule has 0 bridgehead atoms. The number of halogens is 3. The van der Waals surface area contributed by atoms with Crippen molar-refractivity contribution in [3.8, 4) is 0 Å². The molecule has 2 rings (SSSR count). The summed E-state index contributed by atoms with van der Waals surface area (Å²) in [5.74, 6) is 0.0751. The molecular formula is C10H8BrClFN3. The Morgan fingerprint density at radius 2 is 2.25 bits per heavy atom. The van der Waals surface area contributed by atoms with Gasteiger partial charge >= 0.3 is 0 Å². The van der Waals surface area contributed by atoms with E-state index in [1.54, 1.807) is 10.9 Å². The molecule has 0 fully saturated rings. The SMILES string of the molecule is Nc1nn(Cc2cc(F)ccc2Cl)cc1Br. The van der Waals surface area contributed by atoms with Crippen molar-refractivity contribution in [2.45, 2.75) is 6.54 Å². The minimum atomic E-state index is -0.321.